The SMILES string of the molecule is CCOC(=O)C1=C(c2ccccc2)NC(=S)N[C@@H]1c1ccc(N(C)C)cc1. The molecule has 0 aromatic heterocycles. The summed E-state index contributed by atoms with van der Waals surface area (Å²) in [6, 6.07) is 17.3. The Balaban J connectivity index is 2.12. The van der Waals surface area contributed by atoms with E-state index in [-0.39, 0.29) is 12.0 Å². The molecule has 0 spiro atoms. The van der Waals surface area contributed by atoms with Crippen molar-refractivity contribution in [3.05, 3.63) is 71.3 Å². The Morgan fingerprint density at radius 3 is 2.37 bits per heavy atom. The van der Waals surface area contributed by atoms with Crippen molar-refractivity contribution >= 4 is 34.7 Å². The van der Waals surface area contributed by atoms with Crippen LogP contribution in [0.15, 0.2) is 60.2 Å². The second kappa shape index (κ2) is 8.22. The molecule has 6 heteroatoms. The van der Waals surface area contributed by atoms with Gasteiger partial charge in [0.15, 0.2) is 5.11 Å². The highest BCUT2D eigenvalue weighted by Crippen LogP contribution is 2.32. The summed E-state index contributed by atoms with van der Waals surface area (Å²) in [6.45, 7) is 2.11. The summed E-state index contributed by atoms with van der Waals surface area (Å²) in [7, 11) is 3.98. The quantitative estimate of drug-likeness (QED) is 0.613. The van der Waals surface area contributed by atoms with Gasteiger partial charge in [-0.05, 0) is 42.4 Å². The predicted octanol–water partition coefficient (Wildman–Crippen LogP) is 3.25. The van der Waals surface area contributed by atoms with Gasteiger partial charge in [0.2, 0.25) is 0 Å². The number of ether oxygens (including phenoxy) is 1. The third kappa shape index (κ3) is 4.11. The molecule has 1 aliphatic heterocycles. The van der Waals surface area contributed by atoms with E-state index in [0.29, 0.717) is 23.0 Å². The first kappa shape index (κ1) is 18.9. The fraction of sp³-hybridized carbons (Fsp3) is 0.238. The zero-order chi connectivity index (χ0) is 19.4. The van der Waals surface area contributed by atoms with E-state index in [2.05, 4.69) is 10.6 Å². The molecule has 0 fully saturated rings. The van der Waals surface area contributed by atoms with Crippen molar-refractivity contribution in [2.75, 3.05) is 25.6 Å². The number of rotatable bonds is 5. The lowest BCUT2D eigenvalue weighted by Gasteiger charge is -2.31. The Labute approximate surface area is 165 Å². The Morgan fingerprint density at radius 2 is 1.78 bits per heavy atom. The van der Waals surface area contributed by atoms with Gasteiger partial charge in [-0.25, -0.2) is 4.79 Å². The molecular formula is C21H23N3O2S. The number of hydrogen-bond donors (Lipinski definition) is 2. The first-order chi connectivity index (χ1) is 13.0. The minimum Gasteiger partial charge on any atom is -0.463 e. The molecule has 0 amide bonds. The van der Waals surface area contributed by atoms with Crippen molar-refractivity contribution in [2.24, 2.45) is 0 Å². The molecule has 2 N–H and O–H groups in total. The van der Waals surface area contributed by atoms with Gasteiger partial charge in [0.25, 0.3) is 0 Å². The van der Waals surface area contributed by atoms with E-state index < -0.39 is 0 Å². The summed E-state index contributed by atoms with van der Waals surface area (Å²) in [4.78, 5) is 14.9. The molecule has 0 aliphatic carbocycles. The summed E-state index contributed by atoms with van der Waals surface area (Å²) >= 11 is 5.41. The van der Waals surface area contributed by atoms with Crippen LogP contribution in [0.5, 0.6) is 0 Å². The van der Waals surface area contributed by atoms with Crippen molar-refractivity contribution in [3.63, 3.8) is 0 Å². The van der Waals surface area contributed by atoms with Crippen molar-refractivity contribution in [1.29, 1.82) is 0 Å². The highest BCUT2D eigenvalue weighted by molar-refractivity contribution is 7.80. The van der Waals surface area contributed by atoms with Crippen molar-refractivity contribution in [2.45, 2.75) is 13.0 Å². The maximum absolute atomic E-state index is 12.8. The number of nitrogens with zero attached hydrogens (tertiary/aromatic N) is 1. The number of carbonyl (C=O) groups excluding carboxylic acids is 1. The average Bonchev–Trinajstić information content (AvgIpc) is 2.68. The van der Waals surface area contributed by atoms with Crippen LogP contribution in [0, 0.1) is 0 Å². The largest absolute Gasteiger partial charge is 0.463 e. The molecular weight excluding hydrogens is 358 g/mol. The Hall–Kier alpha value is -2.86. The molecule has 0 bridgehead atoms. The Kier molecular flexibility index (Phi) is 5.76. The van der Waals surface area contributed by atoms with E-state index in [4.69, 9.17) is 17.0 Å². The molecule has 0 saturated carbocycles. The van der Waals surface area contributed by atoms with Gasteiger partial charge in [-0.3, -0.25) is 0 Å². The molecule has 5 nitrogen and oxygen atoms in total. The molecule has 1 atom stereocenters. The van der Waals surface area contributed by atoms with Gasteiger partial charge < -0.3 is 20.3 Å². The zero-order valence-electron chi connectivity index (χ0n) is 15.7. The fourth-order valence-corrected chi connectivity index (χ4v) is 3.26. The first-order valence-electron chi connectivity index (χ1n) is 8.82. The lowest BCUT2D eigenvalue weighted by atomic mass is 9.92. The normalized spacial score (nSPS) is 16.4. The van der Waals surface area contributed by atoms with E-state index in [0.717, 1.165) is 16.8 Å². The van der Waals surface area contributed by atoms with Gasteiger partial charge in [0.05, 0.1) is 23.9 Å². The molecule has 27 heavy (non-hydrogen) atoms. The molecule has 1 aliphatic rings. The molecule has 0 saturated heterocycles. The summed E-state index contributed by atoms with van der Waals surface area (Å²) < 4.78 is 5.35. The van der Waals surface area contributed by atoms with Gasteiger partial charge >= 0.3 is 5.97 Å². The molecule has 2 aromatic carbocycles. The highest BCUT2D eigenvalue weighted by Gasteiger charge is 2.33. The van der Waals surface area contributed by atoms with E-state index in [1.165, 1.54) is 0 Å². The summed E-state index contributed by atoms with van der Waals surface area (Å²) in [6.07, 6.45) is 0. The number of hydrogen-bond acceptors (Lipinski definition) is 4. The number of esters is 1. The van der Waals surface area contributed by atoms with Crippen LogP contribution in [0.25, 0.3) is 5.70 Å². The van der Waals surface area contributed by atoms with Crippen LogP contribution >= 0.6 is 12.2 Å². The monoisotopic (exact) mass is 381 g/mol. The smallest absolute Gasteiger partial charge is 0.338 e. The third-order valence-electron chi connectivity index (χ3n) is 4.37. The van der Waals surface area contributed by atoms with Crippen LogP contribution < -0.4 is 15.5 Å². The Morgan fingerprint density at radius 1 is 1.11 bits per heavy atom. The van der Waals surface area contributed by atoms with Crippen molar-refractivity contribution < 1.29 is 9.53 Å². The summed E-state index contributed by atoms with van der Waals surface area (Å²) in [5.41, 5.74) is 4.12. The number of nitrogens with one attached hydrogen (secondary N) is 2. The van der Waals surface area contributed by atoms with Gasteiger partial charge in [-0.1, -0.05) is 42.5 Å². The first-order valence-corrected chi connectivity index (χ1v) is 9.23. The number of carbonyl (C=O) groups is 1. The van der Waals surface area contributed by atoms with E-state index in [9.17, 15) is 4.79 Å². The van der Waals surface area contributed by atoms with Crippen LogP contribution in [0.3, 0.4) is 0 Å². The van der Waals surface area contributed by atoms with Gasteiger partial charge in [0, 0.05) is 19.8 Å². The third-order valence-corrected chi connectivity index (χ3v) is 4.59. The minimum atomic E-state index is -0.385. The van der Waals surface area contributed by atoms with Crippen LogP contribution in [0.2, 0.25) is 0 Å². The van der Waals surface area contributed by atoms with Crippen molar-refractivity contribution in [3.8, 4) is 0 Å². The molecule has 2 aromatic rings. The van der Waals surface area contributed by atoms with Crippen LogP contribution in [-0.4, -0.2) is 31.8 Å². The maximum Gasteiger partial charge on any atom is 0.338 e. The Bertz CT molecular complexity index is 861. The van der Waals surface area contributed by atoms with Gasteiger partial charge in [-0.2, -0.15) is 0 Å². The van der Waals surface area contributed by atoms with Crippen LogP contribution in [-0.2, 0) is 9.53 Å². The van der Waals surface area contributed by atoms with Crippen LogP contribution in [0.1, 0.15) is 24.1 Å². The number of thiocarbonyl (C=S) groups is 1. The van der Waals surface area contributed by atoms with Gasteiger partial charge in [-0.15, -0.1) is 0 Å². The van der Waals surface area contributed by atoms with Gasteiger partial charge in [0.1, 0.15) is 0 Å². The molecule has 0 radical (unpaired) electrons. The second-order valence-corrected chi connectivity index (χ2v) is 6.80. The fourth-order valence-electron chi connectivity index (χ4n) is 3.04. The molecule has 3 rings (SSSR count). The predicted molar refractivity (Wildman–Crippen MR) is 112 cm³/mol. The molecule has 1 heterocycles. The topological polar surface area (TPSA) is 53.6 Å². The van der Waals surface area contributed by atoms with E-state index in [1.54, 1.807) is 6.92 Å². The number of benzene rings is 2. The average molecular weight is 382 g/mol. The minimum absolute atomic E-state index is 0.307. The molecule has 0 unspecified atom stereocenters. The summed E-state index contributed by atoms with van der Waals surface area (Å²) in [5.74, 6) is -0.361. The van der Waals surface area contributed by atoms with E-state index >= 15 is 0 Å². The second-order valence-electron chi connectivity index (χ2n) is 6.39. The lowest BCUT2D eigenvalue weighted by Crippen LogP contribution is -2.45. The maximum atomic E-state index is 12.8. The van der Waals surface area contributed by atoms with Crippen molar-refractivity contribution in [1.82, 2.24) is 10.6 Å². The van der Waals surface area contributed by atoms with Crippen LogP contribution in [0.4, 0.5) is 5.69 Å². The number of anilines is 1. The standard InChI is InChI=1S/C21H23N3O2S/c1-4-26-20(25)17-18(14-8-6-5-7-9-14)22-21(27)23-19(17)15-10-12-16(13-11-15)24(2)3/h5-13,19H,4H2,1-3H3,(H2,22,23,27)/t19-/m1/s1. The highest BCUT2D eigenvalue weighted by atomic mass is 32.1. The van der Waals surface area contributed by atoms with E-state index in [1.807, 2.05) is 73.6 Å². The zero-order valence-corrected chi connectivity index (χ0v) is 16.5. The summed E-state index contributed by atoms with van der Waals surface area (Å²) in [5, 5.41) is 6.84. The lowest BCUT2D eigenvalue weighted by molar-refractivity contribution is -0.138. The molecule has 140 valence electrons.